The molecule has 0 bridgehead atoms. The van der Waals surface area contributed by atoms with Gasteiger partial charge in [0.1, 0.15) is 5.75 Å². The van der Waals surface area contributed by atoms with Crippen LogP contribution in [0, 0.1) is 0 Å². The van der Waals surface area contributed by atoms with Gasteiger partial charge in [0, 0.05) is 26.7 Å². The van der Waals surface area contributed by atoms with Crippen LogP contribution in [0.2, 0.25) is 0 Å². The van der Waals surface area contributed by atoms with Gasteiger partial charge in [0.05, 0.1) is 12.7 Å². The van der Waals surface area contributed by atoms with Gasteiger partial charge >= 0.3 is 0 Å². The van der Waals surface area contributed by atoms with E-state index in [1.165, 1.54) is 5.56 Å². The molecule has 1 aromatic carbocycles. The first kappa shape index (κ1) is 19.0. The zero-order chi connectivity index (χ0) is 14.9. The summed E-state index contributed by atoms with van der Waals surface area (Å²) in [6, 6.07) is 8.09. The van der Waals surface area contributed by atoms with Gasteiger partial charge < -0.3 is 20.1 Å². The summed E-state index contributed by atoms with van der Waals surface area (Å²) in [5, 5.41) is 6.61. The molecular weight excluding hydrogens is 393 g/mol. The first-order chi connectivity index (χ1) is 10.3. The molecule has 0 amide bonds. The van der Waals surface area contributed by atoms with Crippen LogP contribution in [0.15, 0.2) is 29.3 Å². The minimum atomic E-state index is 0. The normalized spacial score (nSPS) is 17.7. The molecule has 0 radical (unpaired) electrons. The third-order valence-electron chi connectivity index (χ3n) is 3.41. The maximum Gasteiger partial charge on any atom is 0.191 e. The second kappa shape index (κ2) is 10.7. The summed E-state index contributed by atoms with van der Waals surface area (Å²) in [5.74, 6) is 1.70. The van der Waals surface area contributed by atoms with Crippen LogP contribution in [0.1, 0.15) is 25.3 Å². The molecule has 2 N–H and O–H groups in total. The molecule has 1 heterocycles. The highest BCUT2D eigenvalue weighted by Gasteiger charge is 2.15. The highest BCUT2D eigenvalue weighted by atomic mass is 127. The van der Waals surface area contributed by atoms with E-state index in [-0.39, 0.29) is 24.0 Å². The van der Waals surface area contributed by atoms with Crippen LogP contribution in [-0.4, -0.2) is 38.9 Å². The van der Waals surface area contributed by atoms with E-state index in [1.807, 2.05) is 25.1 Å². The van der Waals surface area contributed by atoms with E-state index in [2.05, 4.69) is 21.7 Å². The van der Waals surface area contributed by atoms with Gasteiger partial charge in [0.15, 0.2) is 5.96 Å². The van der Waals surface area contributed by atoms with Crippen molar-refractivity contribution in [1.29, 1.82) is 0 Å². The molecule has 124 valence electrons. The van der Waals surface area contributed by atoms with Crippen molar-refractivity contribution in [3.05, 3.63) is 29.8 Å². The number of halogens is 1. The Hall–Kier alpha value is -1.02. The minimum absolute atomic E-state index is 0. The van der Waals surface area contributed by atoms with Crippen molar-refractivity contribution in [1.82, 2.24) is 10.6 Å². The number of hydrogen-bond donors (Lipinski definition) is 2. The van der Waals surface area contributed by atoms with Crippen molar-refractivity contribution in [3.63, 3.8) is 0 Å². The lowest BCUT2D eigenvalue weighted by atomic mass is 10.2. The molecule has 1 aliphatic rings. The summed E-state index contributed by atoms with van der Waals surface area (Å²) in [6.07, 6.45) is 2.59. The average molecular weight is 419 g/mol. The fourth-order valence-corrected chi connectivity index (χ4v) is 2.33. The highest BCUT2D eigenvalue weighted by Crippen LogP contribution is 2.13. The predicted octanol–water partition coefficient (Wildman–Crippen LogP) is 2.55. The van der Waals surface area contributed by atoms with Crippen LogP contribution in [0.3, 0.4) is 0 Å². The Morgan fingerprint density at radius 3 is 2.95 bits per heavy atom. The molecule has 0 saturated carbocycles. The standard InChI is InChI=1S/C16H25N3O2.HI/c1-3-20-14-7-4-6-13(10-14)11-18-16(17-2)19-12-15-8-5-9-21-15;/h4,6-7,10,15H,3,5,8-9,11-12H2,1-2H3,(H2,17,18,19);1H. The fourth-order valence-electron chi connectivity index (χ4n) is 2.33. The number of rotatable bonds is 6. The van der Waals surface area contributed by atoms with Crippen molar-refractivity contribution in [3.8, 4) is 5.75 Å². The molecular formula is C16H26IN3O2. The summed E-state index contributed by atoms with van der Waals surface area (Å²) < 4.78 is 11.1. The molecule has 2 rings (SSSR count). The molecule has 1 atom stereocenters. The number of aliphatic imine (C=N–C) groups is 1. The van der Waals surface area contributed by atoms with E-state index in [0.29, 0.717) is 19.3 Å². The van der Waals surface area contributed by atoms with Crippen LogP contribution >= 0.6 is 24.0 Å². The topological polar surface area (TPSA) is 54.9 Å². The number of guanidine groups is 1. The molecule has 1 fully saturated rings. The Balaban J connectivity index is 0.00000242. The van der Waals surface area contributed by atoms with Gasteiger partial charge in [-0.1, -0.05) is 12.1 Å². The maximum absolute atomic E-state index is 5.59. The SMILES string of the molecule is CCOc1cccc(CNC(=NC)NCC2CCCO2)c1.I. The molecule has 0 aliphatic carbocycles. The van der Waals surface area contributed by atoms with Gasteiger partial charge in [0.2, 0.25) is 0 Å². The monoisotopic (exact) mass is 419 g/mol. The smallest absolute Gasteiger partial charge is 0.191 e. The number of nitrogens with one attached hydrogen (secondary N) is 2. The van der Waals surface area contributed by atoms with Crippen molar-refractivity contribution < 1.29 is 9.47 Å². The van der Waals surface area contributed by atoms with Crippen LogP contribution in [0.4, 0.5) is 0 Å². The second-order valence-corrected chi connectivity index (χ2v) is 5.02. The van der Waals surface area contributed by atoms with Gasteiger partial charge in [0.25, 0.3) is 0 Å². The lowest BCUT2D eigenvalue weighted by molar-refractivity contribution is 0.114. The Morgan fingerprint density at radius 1 is 1.41 bits per heavy atom. The third kappa shape index (κ3) is 6.39. The first-order valence-electron chi connectivity index (χ1n) is 7.59. The number of hydrogen-bond acceptors (Lipinski definition) is 3. The van der Waals surface area contributed by atoms with Crippen molar-refractivity contribution >= 4 is 29.9 Å². The van der Waals surface area contributed by atoms with E-state index >= 15 is 0 Å². The summed E-state index contributed by atoms with van der Waals surface area (Å²) >= 11 is 0. The molecule has 22 heavy (non-hydrogen) atoms. The van der Waals surface area contributed by atoms with Gasteiger partial charge in [-0.25, -0.2) is 0 Å². The minimum Gasteiger partial charge on any atom is -0.494 e. The van der Waals surface area contributed by atoms with Crippen LogP contribution in [-0.2, 0) is 11.3 Å². The molecule has 1 aromatic rings. The van der Waals surface area contributed by atoms with E-state index in [4.69, 9.17) is 9.47 Å². The molecule has 6 heteroatoms. The van der Waals surface area contributed by atoms with E-state index in [1.54, 1.807) is 7.05 Å². The van der Waals surface area contributed by atoms with Gasteiger partial charge in [-0.3, -0.25) is 4.99 Å². The number of ether oxygens (including phenoxy) is 2. The highest BCUT2D eigenvalue weighted by molar-refractivity contribution is 14.0. The largest absolute Gasteiger partial charge is 0.494 e. The van der Waals surface area contributed by atoms with Gasteiger partial charge in [-0.05, 0) is 37.5 Å². The van der Waals surface area contributed by atoms with Crippen LogP contribution in [0.25, 0.3) is 0 Å². The Labute approximate surface area is 149 Å². The summed E-state index contributed by atoms with van der Waals surface area (Å²) in [5.41, 5.74) is 1.17. The Kier molecular flexibility index (Phi) is 9.22. The Morgan fingerprint density at radius 2 is 2.27 bits per heavy atom. The summed E-state index contributed by atoms with van der Waals surface area (Å²) in [7, 11) is 1.78. The third-order valence-corrected chi connectivity index (χ3v) is 3.41. The Bertz CT molecular complexity index is 462. The number of benzene rings is 1. The van der Waals surface area contributed by atoms with Crippen molar-refractivity contribution in [2.45, 2.75) is 32.4 Å². The quantitative estimate of drug-likeness (QED) is 0.423. The average Bonchev–Trinajstić information content (AvgIpc) is 3.01. The summed E-state index contributed by atoms with van der Waals surface area (Å²) in [4.78, 5) is 4.23. The predicted molar refractivity (Wildman–Crippen MR) is 100 cm³/mol. The lowest BCUT2D eigenvalue weighted by Crippen LogP contribution is -2.40. The van der Waals surface area contributed by atoms with Gasteiger partial charge in [-0.15, -0.1) is 24.0 Å². The first-order valence-corrected chi connectivity index (χ1v) is 7.59. The van der Waals surface area contributed by atoms with E-state index in [0.717, 1.165) is 37.7 Å². The molecule has 5 nitrogen and oxygen atoms in total. The molecule has 1 saturated heterocycles. The fraction of sp³-hybridized carbons (Fsp3) is 0.562. The van der Waals surface area contributed by atoms with E-state index < -0.39 is 0 Å². The molecule has 0 aromatic heterocycles. The molecule has 0 spiro atoms. The molecule has 1 aliphatic heterocycles. The van der Waals surface area contributed by atoms with Crippen LogP contribution < -0.4 is 15.4 Å². The zero-order valence-electron chi connectivity index (χ0n) is 13.3. The lowest BCUT2D eigenvalue weighted by Gasteiger charge is -2.15. The molecule has 1 unspecified atom stereocenters. The number of nitrogens with zero attached hydrogens (tertiary/aromatic N) is 1. The van der Waals surface area contributed by atoms with Crippen LogP contribution in [0.5, 0.6) is 5.75 Å². The summed E-state index contributed by atoms with van der Waals surface area (Å²) in [6.45, 7) is 5.07. The van der Waals surface area contributed by atoms with E-state index in [9.17, 15) is 0 Å². The van der Waals surface area contributed by atoms with Crippen molar-refractivity contribution in [2.24, 2.45) is 4.99 Å². The van der Waals surface area contributed by atoms with Gasteiger partial charge in [-0.2, -0.15) is 0 Å². The maximum atomic E-state index is 5.59. The zero-order valence-corrected chi connectivity index (χ0v) is 15.6. The van der Waals surface area contributed by atoms with Crippen molar-refractivity contribution in [2.75, 3.05) is 26.8 Å². The second-order valence-electron chi connectivity index (χ2n) is 5.02.